The summed E-state index contributed by atoms with van der Waals surface area (Å²) in [5.41, 5.74) is 1.18. The van der Waals surface area contributed by atoms with Crippen molar-refractivity contribution in [2.24, 2.45) is 12.0 Å². The summed E-state index contributed by atoms with van der Waals surface area (Å²) in [6, 6.07) is -0.00290. The van der Waals surface area contributed by atoms with Gasteiger partial charge in [0.1, 0.15) is 0 Å². The van der Waals surface area contributed by atoms with Crippen LogP contribution in [0.1, 0.15) is 18.4 Å². The third-order valence-electron chi connectivity index (χ3n) is 3.93. The molecule has 0 spiro atoms. The molecule has 0 aromatic carbocycles. The molecule has 0 bridgehead atoms. The molecule has 1 fully saturated rings. The van der Waals surface area contributed by atoms with Gasteiger partial charge in [0, 0.05) is 46.0 Å². The number of nitrogens with zero attached hydrogens (tertiary/aromatic N) is 4. The molecule has 1 saturated heterocycles. The summed E-state index contributed by atoms with van der Waals surface area (Å²) in [6.07, 6.45) is 2.23. The number of alkyl halides is 3. The van der Waals surface area contributed by atoms with E-state index in [-0.39, 0.29) is 6.04 Å². The summed E-state index contributed by atoms with van der Waals surface area (Å²) < 4.78 is 39.0. The lowest BCUT2D eigenvalue weighted by Crippen LogP contribution is -2.45. The van der Waals surface area contributed by atoms with Crippen LogP contribution >= 0.6 is 0 Å². The first-order chi connectivity index (χ1) is 11.4. The lowest BCUT2D eigenvalue weighted by Gasteiger charge is -2.19. The van der Waals surface area contributed by atoms with Crippen molar-refractivity contribution >= 4 is 5.96 Å². The van der Waals surface area contributed by atoms with E-state index in [2.05, 4.69) is 20.7 Å². The topological polar surface area (TPSA) is 57.5 Å². The molecule has 1 aromatic heterocycles. The van der Waals surface area contributed by atoms with Crippen molar-refractivity contribution in [2.45, 2.75) is 31.5 Å². The smallest absolute Gasteiger partial charge is 0.356 e. The van der Waals surface area contributed by atoms with Crippen molar-refractivity contribution in [1.82, 2.24) is 25.3 Å². The summed E-state index contributed by atoms with van der Waals surface area (Å²) in [5.74, 6) is 0.639. The van der Waals surface area contributed by atoms with Crippen molar-refractivity contribution < 1.29 is 13.2 Å². The maximum absolute atomic E-state index is 12.4. The quantitative estimate of drug-likeness (QED) is 0.461. The van der Waals surface area contributed by atoms with Crippen LogP contribution in [0, 0.1) is 0 Å². The summed E-state index contributed by atoms with van der Waals surface area (Å²) in [7, 11) is 3.55. The van der Waals surface area contributed by atoms with Crippen molar-refractivity contribution in [2.75, 3.05) is 33.2 Å². The minimum atomic E-state index is -4.14. The van der Waals surface area contributed by atoms with Crippen LogP contribution < -0.4 is 10.6 Å². The number of rotatable bonds is 6. The molecule has 0 aliphatic carbocycles. The molecular weight excluding hydrogens is 321 g/mol. The first kappa shape index (κ1) is 18.6. The third-order valence-corrected chi connectivity index (χ3v) is 3.93. The Morgan fingerprint density at radius 2 is 2.25 bits per heavy atom. The molecular formula is C15H25F3N6. The average molecular weight is 346 g/mol. The van der Waals surface area contributed by atoms with E-state index in [1.807, 2.05) is 19.4 Å². The largest absolute Gasteiger partial charge is 0.401 e. The van der Waals surface area contributed by atoms with Gasteiger partial charge < -0.3 is 10.6 Å². The molecule has 1 aromatic rings. The summed E-state index contributed by atoms with van der Waals surface area (Å²) in [5, 5.41) is 10.5. The minimum absolute atomic E-state index is 0.00290. The number of likely N-dealkylation sites (tertiary alicyclic amines) is 1. The minimum Gasteiger partial charge on any atom is -0.356 e. The lowest BCUT2D eigenvalue weighted by atomic mass is 10.2. The molecule has 0 saturated carbocycles. The summed E-state index contributed by atoms with van der Waals surface area (Å²) in [4.78, 5) is 5.56. The summed E-state index contributed by atoms with van der Waals surface area (Å²) >= 11 is 0. The van der Waals surface area contributed by atoms with E-state index in [9.17, 15) is 13.2 Å². The van der Waals surface area contributed by atoms with E-state index < -0.39 is 12.7 Å². The van der Waals surface area contributed by atoms with Gasteiger partial charge in [-0.1, -0.05) is 0 Å². The van der Waals surface area contributed by atoms with Crippen LogP contribution in [-0.2, 0) is 13.5 Å². The van der Waals surface area contributed by atoms with Gasteiger partial charge in [-0.15, -0.1) is 0 Å². The highest BCUT2D eigenvalue weighted by Crippen LogP contribution is 2.19. The second kappa shape index (κ2) is 8.36. The van der Waals surface area contributed by atoms with E-state index in [0.29, 0.717) is 25.5 Å². The Hall–Kier alpha value is -1.77. The van der Waals surface area contributed by atoms with Crippen molar-refractivity contribution in [3.63, 3.8) is 0 Å². The van der Waals surface area contributed by atoms with E-state index in [1.54, 1.807) is 11.7 Å². The number of hydrogen-bond acceptors (Lipinski definition) is 3. The Labute approximate surface area is 140 Å². The molecule has 9 heteroatoms. The van der Waals surface area contributed by atoms with Gasteiger partial charge in [0.2, 0.25) is 0 Å². The van der Waals surface area contributed by atoms with Crippen LogP contribution in [0.25, 0.3) is 0 Å². The number of hydrogen-bond donors (Lipinski definition) is 2. The maximum atomic E-state index is 12.4. The Morgan fingerprint density at radius 3 is 2.88 bits per heavy atom. The molecule has 2 heterocycles. The first-order valence-corrected chi connectivity index (χ1v) is 8.09. The predicted molar refractivity (Wildman–Crippen MR) is 86.9 cm³/mol. The number of aromatic nitrogens is 2. The van der Waals surface area contributed by atoms with Gasteiger partial charge in [0.05, 0.1) is 12.7 Å². The molecule has 1 aliphatic heterocycles. The Bertz CT molecular complexity index is 540. The monoisotopic (exact) mass is 346 g/mol. The number of halogens is 3. The first-order valence-electron chi connectivity index (χ1n) is 8.09. The molecule has 2 rings (SSSR count). The molecule has 0 amide bonds. The number of aliphatic imine (C=N–C) groups is 1. The fourth-order valence-corrected chi connectivity index (χ4v) is 2.84. The number of guanidine groups is 1. The second-order valence-corrected chi connectivity index (χ2v) is 6.11. The highest BCUT2D eigenvalue weighted by atomic mass is 19.4. The molecule has 136 valence electrons. The fraction of sp³-hybridized carbons (Fsp3) is 0.733. The third kappa shape index (κ3) is 6.38. The number of aryl methyl sites for hydroxylation is 2. The van der Waals surface area contributed by atoms with Crippen molar-refractivity contribution in [1.29, 1.82) is 0 Å². The van der Waals surface area contributed by atoms with Gasteiger partial charge in [0.25, 0.3) is 0 Å². The van der Waals surface area contributed by atoms with Crippen LogP contribution in [-0.4, -0.2) is 66.1 Å². The Balaban J connectivity index is 1.65. The van der Waals surface area contributed by atoms with Gasteiger partial charge in [-0.3, -0.25) is 14.6 Å². The second-order valence-electron chi connectivity index (χ2n) is 6.11. The highest BCUT2D eigenvalue weighted by Gasteiger charge is 2.34. The van der Waals surface area contributed by atoms with Crippen molar-refractivity contribution in [3.8, 4) is 0 Å². The van der Waals surface area contributed by atoms with Gasteiger partial charge >= 0.3 is 6.18 Å². The SMILES string of the molecule is CN=C(NCCCc1cnn(C)c1)NC1CCN(CC(F)(F)F)C1. The zero-order valence-corrected chi connectivity index (χ0v) is 14.1. The molecule has 1 unspecified atom stereocenters. The molecule has 24 heavy (non-hydrogen) atoms. The number of nitrogens with one attached hydrogen (secondary N) is 2. The van der Waals surface area contributed by atoms with Gasteiger partial charge in [0.15, 0.2) is 5.96 Å². The van der Waals surface area contributed by atoms with E-state index >= 15 is 0 Å². The Kier molecular flexibility index (Phi) is 6.47. The normalized spacial score (nSPS) is 19.7. The van der Waals surface area contributed by atoms with Gasteiger partial charge in [-0.05, 0) is 24.8 Å². The zero-order valence-electron chi connectivity index (χ0n) is 14.1. The van der Waals surface area contributed by atoms with Gasteiger partial charge in [-0.25, -0.2) is 0 Å². The molecule has 0 radical (unpaired) electrons. The predicted octanol–water partition coefficient (Wildman–Crippen LogP) is 1.15. The van der Waals surface area contributed by atoms with E-state index in [0.717, 1.165) is 19.4 Å². The van der Waals surface area contributed by atoms with Crippen molar-refractivity contribution in [3.05, 3.63) is 18.0 Å². The molecule has 1 atom stereocenters. The van der Waals surface area contributed by atoms with Crippen LogP contribution in [0.4, 0.5) is 13.2 Å². The van der Waals surface area contributed by atoms with Crippen LogP contribution in [0.5, 0.6) is 0 Å². The van der Waals surface area contributed by atoms with Crippen LogP contribution in [0.2, 0.25) is 0 Å². The standard InChI is InChI=1S/C15H25F3N6/c1-19-14(20-6-3-4-12-8-21-23(2)9-12)22-13-5-7-24(10-13)11-15(16,17)18/h8-9,13H,3-7,10-11H2,1-2H3,(H2,19,20,22). The molecule has 1 aliphatic rings. The summed E-state index contributed by atoms with van der Waals surface area (Å²) in [6.45, 7) is 0.737. The average Bonchev–Trinajstić information content (AvgIpc) is 3.09. The molecule has 2 N–H and O–H groups in total. The maximum Gasteiger partial charge on any atom is 0.401 e. The van der Waals surface area contributed by atoms with E-state index in [4.69, 9.17) is 0 Å². The molecule has 6 nitrogen and oxygen atoms in total. The van der Waals surface area contributed by atoms with E-state index in [1.165, 1.54) is 10.5 Å². The fourth-order valence-electron chi connectivity index (χ4n) is 2.84. The van der Waals surface area contributed by atoms with Crippen LogP contribution in [0.3, 0.4) is 0 Å². The van der Waals surface area contributed by atoms with Gasteiger partial charge in [-0.2, -0.15) is 18.3 Å². The highest BCUT2D eigenvalue weighted by molar-refractivity contribution is 5.79. The Morgan fingerprint density at radius 1 is 1.46 bits per heavy atom. The zero-order chi connectivity index (χ0) is 17.6. The van der Waals surface area contributed by atoms with Crippen LogP contribution in [0.15, 0.2) is 17.4 Å². The lowest BCUT2D eigenvalue weighted by molar-refractivity contribution is -0.143.